The molecule has 1 atom stereocenters. The van der Waals surface area contributed by atoms with Crippen LogP contribution in [0.1, 0.15) is 56.2 Å². The molecule has 1 aliphatic rings. The number of ether oxygens (including phenoxy) is 1. The third-order valence-electron chi connectivity index (χ3n) is 4.85. The molecule has 0 radical (unpaired) electrons. The van der Waals surface area contributed by atoms with E-state index in [9.17, 15) is 19.7 Å². The van der Waals surface area contributed by atoms with E-state index in [2.05, 4.69) is 11.4 Å². The number of hydrogen-bond donors (Lipinski definition) is 1. The van der Waals surface area contributed by atoms with Crippen LogP contribution in [0.25, 0.3) is 11.1 Å². The lowest BCUT2D eigenvalue weighted by atomic mass is 9.95. The fourth-order valence-corrected chi connectivity index (χ4v) is 3.27. The van der Waals surface area contributed by atoms with Crippen LogP contribution in [0.4, 0.5) is 9.18 Å². The molecule has 30 heavy (non-hydrogen) atoms. The number of hydrogen-bond acceptors (Lipinski definition) is 4. The van der Waals surface area contributed by atoms with E-state index in [-0.39, 0.29) is 6.42 Å². The zero-order valence-corrected chi connectivity index (χ0v) is 17.3. The van der Waals surface area contributed by atoms with Crippen LogP contribution >= 0.6 is 0 Å². The van der Waals surface area contributed by atoms with Gasteiger partial charge in [0.25, 0.3) is 0 Å². The Hall–Kier alpha value is -3.38. The molecule has 154 valence electrons. The van der Waals surface area contributed by atoms with Gasteiger partial charge in [0.05, 0.1) is 17.7 Å². The van der Waals surface area contributed by atoms with Gasteiger partial charge in [-0.05, 0) is 80.0 Å². The van der Waals surface area contributed by atoms with Crippen molar-refractivity contribution in [3.05, 3.63) is 58.9 Å². The Morgan fingerprint density at radius 2 is 1.87 bits per heavy atom. The number of amides is 1. The Balaban J connectivity index is 1.75. The molecule has 0 aliphatic heterocycles. The van der Waals surface area contributed by atoms with Crippen molar-refractivity contribution in [2.45, 2.75) is 57.6 Å². The van der Waals surface area contributed by atoms with Gasteiger partial charge >= 0.3 is 6.09 Å². The number of nitriles is 2. The van der Waals surface area contributed by atoms with Gasteiger partial charge in [0.1, 0.15) is 17.5 Å². The van der Waals surface area contributed by atoms with Gasteiger partial charge in [0.15, 0.2) is 0 Å². The van der Waals surface area contributed by atoms with Crippen LogP contribution < -0.4 is 5.32 Å². The lowest BCUT2D eigenvalue weighted by Crippen LogP contribution is -2.39. The van der Waals surface area contributed by atoms with Crippen LogP contribution in [-0.2, 0) is 11.2 Å². The number of carbonyl (C=O) groups is 1. The number of carbonyl (C=O) groups excluding carboxylic acids is 1. The number of benzene rings is 2. The van der Waals surface area contributed by atoms with Crippen molar-refractivity contribution in [2.24, 2.45) is 0 Å². The summed E-state index contributed by atoms with van der Waals surface area (Å²) >= 11 is 0. The molecule has 0 heterocycles. The maximum Gasteiger partial charge on any atom is 0.408 e. The van der Waals surface area contributed by atoms with Gasteiger partial charge in [0.2, 0.25) is 0 Å². The van der Waals surface area contributed by atoms with E-state index in [1.54, 1.807) is 39.0 Å². The van der Waals surface area contributed by atoms with E-state index in [1.807, 2.05) is 18.2 Å². The van der Waals surface area contributed by atoms with E-state index >= 15 is 0 Å². The quantitative estimate of drug-likeness (QED) is 0.741. The summed E-state index contributed by atoms with van der Waals surface area (Å²) in [7, 11) is 0. The summed E-state index contributed by atoms with van der Waals surface area (Å²) in [5.74, 6) is -0.0323. The molecule has 5 nitrogen and oxygen atoms in total. The molecule has 0 aromatic heterocycles. The fraction of sp³-hybridized carbons (Fsp3) is 0.375. The summed E-state index contributed by atoms with van der Waals surface area (Å²) in [5.41, 5.74) is 2.89. The van der Waals surface area contributed by atoms with Crippen LogP contribution in [0.3, 0.4) is 0 Å². The molecule has 3 rings (SSSR count). The van der Waals surface area contributed by atoms with Crippen molar-refractivity contribution < 1.29 is 13.9 Å². The second-order valence-corrected chi connectivity index (χ2v) is 8.53. The van der Waals surface area contributed by atoms with E-state index < -0.39 is 23.6 Å². The Bertz CT molecular complexity index is 1040. The van der Waals surface area contributed by atoms with E-state index in [1.165, 1.54) is 6.07 Å². The second-order valence-electron chi connectivity index (χ2n) is 8.53. The highest BCUT2D eigenvalue weighted by molar-refractivity contribution is 5.69. The summed E-state index contributed by atoms with van der Waals surface area (Å²) in [5, 5.41) is 21.1. The Labute approximate surface area is 176 Å². The van der Waals surface area contributed by atoms with Crippen molar-refractivity contribution in [1.29, 1.82) is 10.5 Å². The summed E-state index contributed by atoms with van der Waals surface area (Å²) < 4.78 is 19.9. The normalized spacial score (nSPS) is 14.3. The van der Waals surface area contributed by atoms with Crippen molar-refractivity contribution >= 4 is 6.09 Å². The van der Waals surface area contributed by atoms with Gasteiger partial charge in [0, 0.05) is 6.42 Å². The minimum Gasteiger partial charge on any atom is -0.444 e. The van der Waals surface area contributed by atoms with E-state index in [4.69, 9.17) is 4.74 Å². The predicted octanol–water partition coefficient (Wildman–Crippen LogP) is 5.20. The largest absolute Gasteiger partial charge is 0.444 e. The first kappa shape index (κ1) is 21.3. The summed E-state index contributed by atoms with van der Waals surface area (Å²) in [6.45, 7) is 5.18. The van der Waals surface area contributed by atoms with Crippen LogP contribution in [-0.4, -0.2) is 17.7 Å². The van der Waals surface area contributed by atoms with Gasteiger partial charge in [-0.2, -0.15) is 10.5 Å². The Morgan fingerprint density at radius 3 is 2.43 bits per heavy atom. The molecule has 0 unspecified atom stereocenters. The van der Waals surface area contributed by atoms with Crippen LogP contribution in [0.5, 0.6) is 0 Å². The predicted molar refractivity (Wildman–Crippen MR) is 111 cm³/mol. The average Bonchev–Trinajstić information content (AvgIpc) is 3.52. The highest BCUT2D eigenvalue weighted by atomic mass is 19.1. The van der Waals surface area contributed by atoms with Gasteiger partial charge in [-0.25, -0.2) is 9.18 Å². The van der Waals surface area contributed by atoms with E-state index in [0.717, 1.165) is 24.0 Å². The topological polar surface area (TPSA) is 85.9 Å². The van der Waals surface area contributed by atoms with Crippen LogP contribution in [0, 0.1) is 28.5 Å². The first-order valence-electron chi connectivity index (χ1n) is 9.92. The number of halogens is 1. The Morgan fingerprint density at radius 1 is 1.20 bits per heavy atom. The average molecular weight is 405 g/mol. The molecule has 0 bridgehead atoms. The molecule has 2 aromatic rings. The molecule has 0 spiro atoms. The molecular formula is C24H24FN3O2. The van der Waals surface area contributed by atoms with Crippen molar-refractivity contribution in [3.63, 3.8) is 0 Å². The van der Waals surface area contributed by atoms with Gasteiger partial charge in [-0.15, -0.1) is 0 Å². The summed E-state index contributed by atoms with van der Waals surface area (Å²) in [4.78, 5) is 11.9. The third kappa shape index (κ3) is 5.36. The smallest absolute Gasteiger partial charge is 0.408 e. The SMILES string of the molecule is CC(C)(C)OC(=O)N[C@H](C#N)Cc1ccc(-c2ccc(C#N)c(C3CC3)c2)cc1F. The molecule has 1 saturated carbocycles. The van der Waals surface area contributed by atoms with Crippen LogP contribution in [0.15, 0.2) is 36.4 Å². The molecule has 1 aliphatic carbocycles. The molecular weight excluding hydrogens is 381 g/mol. The molecule has 0 saturated heterocycles. The monoisotopic (exact) mass is 405 g/mol. The van der Waals surface area contributed by atoms with Crippen molar-refractivity contribution in [1.82, 2.24) is 5.32 Å². The van der Waals surface area contributed by atoms with Gasteiger partial charge in [-0.3, -0.25) is 0 Å². The summed E-state index contributed by atoms with van der Waals surface area (Å²) in [6.07, 6.45) is 1.47. The third-order valence-corrected chi connectivity index (χ3v) is 4.85. The first-order valence-corrected chi connectivity index (χ1v) is 9.92. The lowest BCUT2D eigenvalue weighted by molar-refractivity contribution is 0.0515. The maximum absolute atomic E-state index is 14.8. The van der Waals surface area contributed by atoms with Gasteiger partial charge < -0.3 is 10.1 Å². The second kappa shape index (κ2) is 8.55. The number of nitrogens with zero attached hydrogens (tertiary/aromatic N) is 2. The minimum atomic E-state index is -0.906. The fourth-order valence-electron chi connectivity index (χ4n) is 3.27. The zero-order chi connectivity index (χ0) is 21.9. The zero-order valence-electron chi connectivity index (χ0n) is 17.3. The Kier molecular flexibility index (Phi) is 6.08. The lowest BCUT2D eigenvalue weighted by Gasteiger charge is -2.21. The minimum absolute atomic E-state index is 0.0303. The van der Waals surface area contributed by atoms with Crippen LogP contribution in [0.2, 0.25) is 0 Å². The highest BCUT2D eigenvalue weighted by Crippen LogP contribution is 2.42. The highest BCUT2D eigenvalue weighted by Gasteiger charge is 2.26. The number of rotatable bonds is 5. The first-order chi connectivity index (χ1) is 14.2. The number of alkyl carbamates (subject to hydrolysis) is 1. The summed E-state index contributed by atoms with van der Waals surface area (Å²) in [6, 6.07) is 13.7. The van der Waals surface area contributed by atoms with Gasteiger partial charge in [-0.1, -0.05) is 18.2 Å². The molecule has 2 aromatic carbocycles. The standard InChI is InChI=1S/C24H24FN3O2/c1-24(2,3)30-23(29)28-20(14-27)10-18-8-6-17(12-22(18)25)16-7-9-19(13-26)21(11-16)15-4-5-15/h6-9,11-12,15,20H,4-5,10H2,1-3H3,(H,28,29)/t20-/m0/s1. The molecule has 6 heteroatoms. The van der Waals surface area contributed by atoms with E-state index in [0.29, 0.717) is 22.6 Å². The van der Waals surface area contributed by atoms with Crippen molar-refractivity contribution in [2.75, 3.05) is 0 Å². The maximum atomic E-state index is 14.8. The van der Waals surface area contributed by atoms with Crippen molar-refractivity contribution in [3.8, 4) is 23.3 Å². The molecule has 1 N–H and O–H groups in total. The molecule has 1 amide bonds. The number of nitrogens with one attached hydrogen (secondary N) is 1. The molecule has 1 fully saturated rings.